The Hall–Kier alpha value is -1.92. The molecule has 3 N–H and O–H groups in total. The van der Waals surface area contributed by atoms with Gasteiger partial charge in [0.1, 0.15) is 0 Å². The first-order valence-electron chi connectivity index (χ1n) is 31.7. The third-order valence-corrected chi connectivity index (χ3v) is 14.7. The minimum Gasteiger partial charge on any atom is -0.466 e. The Bertz CT molecular complexity index is 1150. The van der Waals surface area contributed by atoms with Crippen LogP contribution in [0.4, 0.5) is 0 Å². The maximum Gasteiger partial charge on any atom is 0.305 e. The Kier molecular flexibility index (Phi) is 59.0. The molecule has 6 heteroatoms. The lowest BCUT2D eigenvalue weighted by atomic mass is 10.0. The monoisotopic (exact) mass is 998 g/mol. The van der Waals surface area contributed by atoms with Crippen molar-refractivity contribution in [2.24, 2.45) is 0 Å². The third-order valence-electron chi connectivity index (χ3n) is 14.7. The minimum absolute atomic E-state index is 0.00124. The van der Waals surface area contributed by atoms with Gasteiger partial charge in [0.2, 0.25) is 5.91 Å². The fraction of sp³-hybridized carbons (Fsp3) is 0.877. The fourth-order valence-corrected chi connectivity index (χ4v) is 9.78. The Morgan fingerprint density at radius 1 is 0.394 bits per heavy atom. The molecule has 0 aliphatic heterocycles. The Morgan fingerprint density at radius 2 is 0.704 bits per heavy atom. The van der Waals surface area contributed by atoms with Gasteiger partial charge >= 0.3 is 5.97 Å². The highest BCUT2D eigenvalue weighted by Gasteiger charge is 2.20. The molecule has 0 fully saturated rings. The molecule has 0 saturated heterocycles. The molecule has 0 rings (SSSR count). The zero-order valence-corrected chi connectivity index (χ0v) is 47.7. The average molecular weight is 999 g/mol. The number of amides is 1. The number of nitrogens with one attached hydrogen (secondary N) is 1. The highest BCUT2D eigenvalue weighted by atomic mass is 16.5. The van der Waals surface area contributed by atoms with Crippen LogP contribution in [0.3, 0.4) is 0 Å². The van der Waals surface area contributed by atoms with Crippen LogP contribution in [0, 0.1) is 0 Å². The number of hydrogen-bond donors (Lipinski definition) is 3. The van der Waals surface area contributed by atoms with E-state index in [0.29, 0.717) is 25.9 Å². The fourth-order valence-electron chi connectivity index (χ4n) is 9.78. The minimum atomic E-state index is -0.671. The molecule has 418 valence electrons. The molecule has 1 amide bonds. The van der Waals surface area contributed by atoms with Crippen molar-refractivity contribution in [3.63, 3.8) is 0 Å². The van der Waals surface area contributed by atoms with Gasteiger partial charge < -0.3 is 20.3 Å². The van der Waals surface area contributed by atoms with Crippen molar-refractivity contribution in [3.05, 3.63) is 36.5 Å². The molecule has 0 aliphatic rings. The van der Waals surface area contributed by atoms with E-state index in [9.17, 15) is 19.8 Å². The summed E-state index contributed by atoms with van der Waals surface area (Å²) in [6.07, 6.45) is 75.8. The van der Waals surface area contributed by atoms with Crippen molar-refractivity contribution >= 4 is 11.9 Å². The van der Waals surface area contributed by atoms with Crippen LogP contribution in [0.2, 0.25) is 0 Å². The summed E-state index contributed by atoms with van der Waals surface area (Å²) in [5.41, 5.74) is 0. The lowest BCUT2D eigenvalue weighted by molar-refractivity contribution is -0.143. The molecule has 0 aliphatic carbocycles. The van der Waals surface area contributed by atoms with Gasteiger partial charge in [-0.1, -0.05) is 281 Å². The van der Waals surface area contributed by atoms with Crippen LogP contribution >= 0.6 is 0 Å². The summed E-state index contributed by atoms with van der Waals surface area (Å²) in [7, 11) is 0. The first kappa shape index (κ1) is 69.1. The van der Waals surface area contributed by atoms with Crippen molar-refractivity contribution in [3.8, 4) is 0 Å². The molecule has 0 heterocycles. The predicted octanol–water partition coefficient (Wildman–Crippen LogP) is 20.0. The highest BCUT2D eigenvalue weighted by Crippen LogP contribution is 2.17. The van der Waals surface area contributed by atoms with E-state index in [2.05, 4.69) is 55.6 Å². The van der Waals surface area contributed by atoms with Crippen molar-refractivity contribution < 1.29 is 24.5 Å². The number of ether oxygens (including phenoxy) is 1. The van der Waals surface area contributed by atoms with Crippen LogP contribution in [-0.4, -0.2) is 47.4 Å². The van der Waals surface area contributed by atoms with Crippen LogP contribution < -0.4 is 5.32 Å². The number of unbranched alkanes of at least 4 members (excludes halogenated alkanes) is 42. The summed E-state index contributed by atoms with van der Waals surface area (Å²) in [6, 6.07) is -0.549. The van der Waals surface area contributed by atoms with E-state index < -0.39 is 12.1 Å². The number of carbonyl (C=O) groups excluding carboxylic acids is 2. The van der Waals surface area contributed by atoms with Crippen molar-refractivity contribution in [1.29, 1.82) is 0 Å². The van der Waals surface area contributed by atoms with Gasteiger partial charge in [0.25, 0.3) is 0 Å². The number of aliphatic hydroxyl groups is 2. The van der Waals surface area contributed by atoms with Crippen LogP contribution in [-0.2, 0) is 14.3 Å². The Morgan fingerprint density at radius 3 is 1.11 bits per heavy atom. The van der Waals surface area contributed by atoms with Gasteiger partial charge in [-0.25, -0.2) is 0 Å². The van der Waals surface area contributed by atoms with E-state index in [1.165, 1.54) is 257 Å². The quantitative estimate of drug-likeness (QED) is 0.0321. The first-order valence-corrected chi connectivity index (χ1v) is 31.7. The van der Waals surface area contributed by atoms with Gasteiger partial charge in [-0.2, -0.15) is 0 Å². The van der Waals surface area contributed by atoms with Crippen molar-refractivity contribution in [1.82, 2.24) is 5.32 Å². The molecule has 0 saturated carbocycles. The smallest absolute Gasteiger partial charge is 0.305 e. The molecule has 0 radical (unpaired) electrons. The lowest BCUT2D eigenvalue weighted by Crippen LogP contribution is -2.45. The lowest BCUT2D eigenvalue weighted by Gasteiger charge is -2.22. The molecule has 71 heavy (non-hydrogen) atoms. The number of carbonyl (C=O) groups is 2. The first-order chi connectivity index (χ1) is 35.0. The SMILES string of the molecule is CCCCC/C=C\C/C=C\CCCCCCCCCC(=O)OCCCCCCCCCCC/C=C\CCCCCCCCCC(=O)NC(CO)C(O)CCCCCCCCCCCCCCCCCCC. The number of esters is 1. The van der Waals surface area contributed by atoms with E-state index in [1.807, 2.05) is 0 Å². The zero-order chi connectivity index (χ0) is 51.4. The average Bonchev–Trinajstić information content (AvgIpc) is 3.37. The second kappa shape index (κ2) is 60.6. The van der Waals surface area contributed by atoms with Gasteiger partial charge in [0.05, 0.1) is 25.4 Å². The van der Waals surface area contributed by atoms with E-state index in [-0.39, 0.29) is 18.5 Å². The number of allylic oxidation sites excluding steroid dienone is 6. The predicted molar refractivity (Wildman–Crippen MR) is 310 cm³/mol. The molecule has 0 spiro atoms. The molecule has 2 atom stereocenters. The molecular weight excluding hydrogens is 875 g/mol. The molecule has 0 aromatic rings. The Labute approximate surface area is 443 Å². The normalized spacial score (nSPS) is 12.8. The van der Waals surface area contributed by atoms with Gasteiger partial charge in [-0.3, -0.25) is 9.59 Å². The van der Waals surface area contributed by atoms with E-state index in [0.717, 1.165) is 51.4 Å². The summed E-state index contributed by atoms with van der Waals surface area (Å²) in [5, 5.41) is 23.3. The maximum absolute atomic E-state index is 12.5. The largest absolute Gasteiger partial charge is 0.466 e. The highest BCUT2D eigenvalue weighted by molar-refractivity contribution is 5.76. The standard InChI is InChI=1S/C65H123NO5/c1-3-5-7-9-11-13-15-17-19-25-29-33-37-41-45-49-53-57-63(68)62(61-67)66-64(69)58-54-50-46-42-38-34-30-27-23-21-22-24-28-32-36-40-44-48-52-56-60-71-65(70)59-55-51-47-43-39-35-31-26-20-18-16-14-12-10-8-6-4-2/h12,14,18,20-21,23,62-63,67-68H,3-11,13,15-17,19,22,24-61H2,1-2H3,(H,66,69)/b14-12-,20-18-,23-21-. The summed E-state index contributed by atoms with van der Waals surface area (Å²) < 4.78 is 5.49. The molecule has 2 unspecified atom stereocenters. The third kappa shape index (κ3) is 57.2. The van der Waals surface area contributed by atoms with Crippen LogP contribution in [0.15, 0.2) is 36.5 Å². The van der Waals surface area contributed by atoms with E-state index in [4.69, 9.17) is 4.74 Å². The van der Waals surface area contributed by atoms with Crippen LogP contribution in [0.25, 0.3) is 0 Å². The topological polar surface area (TPSA) is 95.9 Å². The molecular formula is C65H123NO5. The Balaban J connectivity index is 3.43. The number of aliphatic hydroxyl groups excluding tert-OH is 2. The van der Waals surface area contributed by atoms with Gasteiger partial charge in [0, 0.05) is 12.8 Å². The van der Waals surface area contributed by atoms with Crippen molar-refractivity contribution in [2.75, 3.05) is 13.2 Å². The van der Waals surface area contributed by atoms with Gasteiger partial charge in [0.15, 0.2) is 0 Å². The van der Waals surface area contributed by atoms with E-state index in [1.54, 1.807) is 0 Å². The van der Waals surface area contributed by atoms with Crippen molar-refractivity contribution in [2.45, 2.75) is 353 Å². The molecule has 0 aromatic heterocycles. The maximum atomic E-state index is 12.5. The molecule has 0 bridgehead atoms. The summed E-state index contributed by atoms with van der Waals surface area (Å²) in [5.74, 6) is -0.0430. The second-order valence-corrected chi connectivity index (χ2v) is 21.7. The van der Waals surface area contributed by atoms with Crippen LogP contribution in [0.5, 0.6) is 0 Å². The van der Waals surface area contributed by atoms with Crippen LogP contribution in [0.1, 0.15) is 341 Å². The van der Waals surface area contributed by atoms with Gasteiger partial charge in [-0.15, -0.1) is 0 Å². The molecule has 0 aromatic carbocycles. The second-order valence-electron chi connectivity index (χ2n) is 21.7. The van der Waals surface area contributed by atoms with Gasteiger partial charge in [-0.05, 0) is 83.5 Å². The summed E-state index contributed by atoms with van der Waals surface area (Å²) >= 11 is 0. The summed E-state index contributed by atoms with van der Waals surface area (Å²) in [4.78, 5) is 24.6. The number of rotatable bonds is 59. The molecule has 6 nitrogen and oxygen atoms in total. The summed E-state index contributed by atoms with van der Waals surface area (Å²) in [6.45, 7) is 4.93. The number of hydrogen-bond acceptors (Lipinski definition) is 5. The van der Waals surface area contributed by atoms with E-state index >= 15 is 0 Å². The zero-order valence-electron chi connectivity index (χ0n) is 47.7.